The van der Waals surface area contributed by atoms with E-state index in [2.05, 4.69) is 28.8 Å². The van der Waals surface area contributed by atoms with E-state index in [0.717, 1.165) is 30.8 Å². The van der Waals surface area contributed by atoms with Crippen molar-refractivity contribution in [2.45, 2.75) is 49.5 Å². The van der Waals surface area contributed by atoms with Gasteiger partial charge in [0.15, 0.2) is 0 Å². The maximum absolute atomic E-state index is 12.4. The van der Waals surface area contributed by atoms with Crippen LogP contribution in [0.4, 0.5) is 0 Å². The van der Waals surface area contributed by atoms with Crippen LogP contribution in [0.1, 0.15) is 31.6 Å². The van der Waals surface area contributed by atoms with Gasteiger partial charge in [-0.3, -0.25) is 0 Å². The van der Waals surface area contributed by atoms with Crippen LogP contribution in [0.3, 0.4) is 0 Å². The van der Waals surface area contributed by atoms with Crippen molar-refractivity contribution < 1.29 is 8.42 Å². The maximum Gasteiger partial charge on any atom is 0.250 e. The molecule has 1 aliphatic rings. The van der Waals surface area contributed by atoms with Crippen molar-refractivity contribution in [2.24, 2.45) is 0 Å². The van der Waals surface area contributed by atoms with Crippen LogP contribution >= 0.6 is 11.3 Å². The summed E-state index contributed by atoms with van der Waals surface area (Å²) in [6.07, 6.45) is 1.95. The molecule has 2 rings (SSSR count). The molecule has 5 nitrogen and oxygen atoms in total. The molecule has 7 heteroatoms. The molecule has 1 aromatic rings. The van der Waals surface area contributed by atoms with E-state index in [1.807, 2.05) is 13.1 Å². The Morgan fingerprint density at radius 2 is 2.19 bits per heavy atom. The van der Waals surface area contributed by atoms with E-state index in [1.54, 1.807) is 6.07 Å². The summed E-state index contributed by atoms with van der Waals surface area (Å²) in [6, 6.07) is 4.01. The van der Waals surface area contributed by atoms with Gasteiger partial charge in [-0.15, -0.1) is 11.3 Å². The van der Waals surface area contributed by atoms with Gasteiger partial charge in [0, 0.05) is 30.1 Å². The zero-order valence-electron chi connectivity index (χ0n) is 12.9. The molecule has 1 atom stereocenters. The molecule has 0 amide bonds. The third-order valence-corrected chi connectivity index (χ3v) is 6.63. The molecule has 0 saturated carbocycles. The highest BCUT2D eigenvalue weighted by Crippen LogP contribution is 2.22. The second kappa shape index (κ2) is 7.19. The summed E-state index contributed by atoms with van der Waals surface area (Å²) in [7, 11) is -1.36. The summed E-state index contributed by atoms with van der Waals surface area (Å²) < 4.78 is 28.1. The minimum absolute atomic E-state index is 0.0214. The first-order valence-corrected chi connectivity index (χ1v) is 9.70. The Hall–Kier alpha value is -0.470. The number of likely N-dealkylation sites (tertiary alicyclic amines) is 1. The number of hydrogen-bond acceptors (Lipinski definition) is 5. The van der Waals surface area contributed by atoms with Crippen LogP contribution < -0.4 is 10.0 Å². The van der Waals surface area contributed by atoms with Gasteiger partial charge in [0.05, 0.1) is 0 Å². The van der Waals surface area contributed by atoms with E-state index in [9.17, 15) is 8.42 Å². The fourth-order valence-electron chi connectivity index (χ4n) is 2.44. The van der Waals surface area contributed by atoms with E-state index < -0.39 is 10.0 Å². The van der Waals surface area contributed by atoms with E-state index in [4.69, 9.17) is 0 Å². The van der Waals surface area contributed by atoms with Crippen LogP contribution in [0.2, 0.25) is 0 Å². The van der Waals surface area contributed by atoms with Gasteiger partial charge in [0.25, 0.3) is 0 Å². The highest BCUT2D eigenvalue weighted by molar-refractivity contribution is 7.91. The van der Waals surface area contributed by atoms with E-state index in [-0.39, 0.29) is 6.04 Å². The summed E-state index contributed by atoms with van der Waals surface area (Å²) in [4.78, 5) is 3.22. The van der Waals surface area contributed by atoms with Gasteiger partial charge in [0.2, 0.25) is 10.0 Å². The molecule has 1 aromatic heterocycles. The first kappa shape index (κ1) is 16.9. The summed E-state index contributed by atoms with van der Waals surface area (Å²) >= 11 is 1.34. The minimum Gasteiger partial charge on any atom is -0.310 e. The molecule has 120 valence electrons. The number of nitrogens with one attached hydrogen (secondary N) is 2. The van der Waals surface area contributed by atoms with Crippen molar-refractivity contribution in [1.82, 2.24) is 14.9 Å². The van der Waals surface area contributed by atoms with Crippen molar-refractivity contribution in [2.75, 3.05) is 20.1 Å². The topological polar surface area (TPSA) is 61.4 Å². The molecule has 2 heterocycles. The Balaban J connectivity index is 1.98. The summed E-state index contributed by atoms with van der Waals surface area (Å²) in [5.41, 5.74) is 0. The molecular formula is C14H25N3O2S2. The Labute approximate surface area is 131 Å². The highest BCUT2D eigenvalue weighted by Gasteiger charge is 2.24. The van der Waals surface area contributed by atoms with Gasteiger partial charge < -0.3 is 10.2 Å². The van der Waals surface area contributed by atoms with Gasteiger partial charge in [0.1, 0.15) is 4.21 Å². The predicted octanol–water partition coefficient (Wildman–Crippen LogP) is 1.62. The van der Waals surface area contributed by atoms with Crippen molar-refractivity contribution in [3.8, 4) is 0 Å². The molecule has 1 saturated heterocycles. The fourth-order valence-corrected chi connectivity index (χ4v) is 5.03. The quantitative estimate of drug-likeness (QED) is 0.831. The number of hydrogen-bond donors (Lipinski definition) is 2. The van der Waals surface area contributed by atoms with Gasteiger partial charge in [-0.05, 0) is 38.6 Å². The monoisotopic (exact) mass is 331 g/mol. The third kappa shape index (κ3) is 5.03. The second-order valence-corrected chi connectivity index (χ2v) is 9.09. The van der Waals surface area contributed by atoms with E-state index in [0.29, 0.717) is 16.8 Å². The van der Waals surface area contributed by atoms with Gasteiger partial charge in [-0.2, -0.15) is 0 Å². The van der Waals surface area contributed by atoms with E-state index in [1.165, 1.54) is 11.3 Å². The molecule has 0 aromatic carbocycles. The SMILES string of the molecule is CC(C)NCc1ccc(S(=O)(=O)NC2CCCN(C)C2)s1. The summed E-state index contributed by atoms with van der Waals surface area (Å²) in [5.74, 6) is 0. The number of nitrogens with zero attached hydrogens (tertiary/aromatic N) is 1. The van der Waals surface area contributed by atoms with E-state index >= 15 is 0 Å². The molecule has 1 aliphatic heterocycles. The molecule has 0 spiro atoms. The Bertz CT molecular complexity index is 554. The molecule has 1 fully saturated rings. The van der Waals surface area contributed by atoms with Crippen molar-refractivity contribution in [3.63, 3.8) is 0 Å². The van der Waals surface area contributed by atoms with Crippen molar-refractivity contribution in [3.05, 3.63) is 17.0 Å². The Morgan fingerprint density at radius 1 is 1.43 bits per heavy atom. The number of sulfonamides is 1. The van der Waals surface area contributed by atoms with Crippen LogP contribution in [0.25, 0.3) is 0 Å². The van der Waals surface area contributed by atoms with Gasteiger partial charge in [-0.1, -0.05) is 13.8 Å². The first-order valence-electron chi connectivity index (χ1n) is 7.40. The number of likely N-dealkylation sites (N-methyl/N-ethyl adjacent to an activating group) is 1. The second-order valence-electron chi connectivity index (χ2n) is 5.98. The van der Waals surface area contributed by atoms with Crippen molar-refractivity contribution >= 4 is 21.4 Å². The van der Waals surface area contributed by atoms with Crippen LogP contribution in [0, 0.1) is 0 Å². The average Bonchev–Trinajstić information content (AvgIpc) is 2.85. The Morgan fingerprint density at radius 3 is 2.86 bits per heavy atom. The lowest BCUT2D eigenvalue weighted by Crippen LogP contribution is -2.46. The van der Waals surface area contributed by atoms with Crippen molar-refractivity contribution in [1.29, 1.82) is 0 Å². The van der Waals surface area contributed by atoms with Crippen LogP contribution in [0.5, 0.6) is 0 Å². The fraction of sp³-hybridized carbons (Fsp3) is 0.714. The summed E-state index contributed by atoms with van der Waals surface area (Å²) in [6.45, 7) is 6.69. The third-order valence-electron chi connectivity index (χ3n) is 3.53. The number of piperidine rings is 1. The standard InChI is InChI=1S/C14H25N3O2S2/c1-11(2)15-9-13-6-7-14(20-13)21(18,19)16-12-5-4-8-17(3)10-12/h6-7,11-12,15-16H,4-5,8-10H2,1-3H3. The smallest absolute Gasteiger partial charge is 0.250 e. The predicted molar refractivity (Wildman–Crippen MR) is 87.1 cm³/mol. The number of thiophene rings is 1. The molecule has 0 bridgehead atoms. The van der Waals surface area contributed by atoms with Gasteiger partial charge in [-0.25, -0.2) is 13.1 Å². The normalized spacial score (nSPS) is 21.0. The largest absolute Gasteiger partial charge is 0.310 e. The summed E-state index contributed by atoms with van der Waals surface area (Å²) in [5, 5.41) is 3.30. The molecule has 21 heavy (non-hydrogen) atoms. The molecular weight excluding hydrogens is 306 g/mol. The van der Waals surface area contributed by atoms with Crippen LogP contribution in [-0.2, 0) is 16.6 Å². The zero-order valence-corrected chi connectivity index (χ0v) is 14.6. The lowest BCUT2D eigenvalue weighted by molar-refractivity contribution is 0.242. The molecule has 0 radical (unpaired) electrons. The highest BCUT2D eigenvalue weighted by atomic mass is 32.2. The lowest BCUT2D eigenvalue weighted by Gasteiger charge is -2.29. The zero-order chi connectivity index (χ0) is 15.5. The average molecular weight is 332 g/mol. The van der Waals surface area contributed by atoms with Crippen LogP contribution in [-0.4, -0.2) is 45.5 Å². The lowest BCUT2D eigenvalue weighted by atomic mass is 10.1. The van der Waals surface area contributed by atoms with Gasteiger partial charge >= 0.3 is 0 Å². The number of rotatable bonds is 6. The Kier molecular flexibility index (Phi) is 5.79. The molecule has 0 aliphatic carbocycles. The minimum atomic E-state index is -3.39. The maximum atomic E-state index is 12.4. The molecule has 1 unspecified atom stereocenters. The molecule has 2 N–H and O–H groups in total. The van der Waals surface area contributed by atoms with Crippen LogP contribution in [0.15, 0.2) is 16.3 Å². The first-order chi connectivity index (χ1) is 9.87.